The first kappa shape index (κ1) is 18.0. The van der Waals surface area contributed by atoms with Gasteiger partial charge in [-0.25, -0.2) is 0 Å². The first-order valence-corrected chi connectivity index (χ1v) is 7.18. The summed E-state index contributed by atoms with van der Waals surface area (Å²) in [5, 5.41) is 6.79. The molecule has 1 rings (SSSR count). The van der Waals surface area contributed by atoms with Crippen LogP contribution in [0.15, 0.2) is 4.99 Å². The maximum atomic E-state index is 4.62. The Balaban J connectivity index is 0.00000289. The van der Waals surface area contributed by atoms with Crippen LogP contribution in [-0.2, 0) is 0 Å². The molecule has 1 saturated carbocycles. The third-order valence-corrected chi connectivity index (χ3v) is 3.24. The molecule has 2 unspecified atom stereocenters. The Kier molecular flexibility index (Phi) is 9.87. The number of aliphatic imine (C=N–C) groups is 1. The van der Waals surface area contributed by atoms with Crippen LogP contribution >= 0.6 is 24.0 Å². The van der Waals surface area contributed by atoms with Gasteiger partial charge in [-0.15, -0.1) is 24.0 Å². The summed E-state index contributed by atoms with van der Waals surface area (Å²) in [6.07, 6.45) is 5.10. The first-order valence-electron chi connectivity index (χ1n) is 7.18. The molecule has 1 aliphatic rings. The first-order chi connectivity index (χ1) is 8.13. The molecule has 0 amide bonds. The highest BCUT2D eigenvalue weighted by atomic mass is 127. The Hall–Kier alpha value is 0. The molecular formula is C14H30IN3. The second-order valence-corrected chi connectivity index (χ2v) is 5.61. The summed E-state index contributed by atoms with van der Waals surface area (Å²) in [6, 6.07) is 0.656. The number of nitrogens with zero attached hydrogens (tertiary/aromatic N) is 1. The van der Waals surface area contributed by atoms with Crippen molar-refractivity contribution in [1.29, 1.82) is 0 Å². The van der Waals surface area contributed by atoms with Crippen molar-refractivity contribution in [3.8, 4) is 0 Å². The van der Waals surface area contributed by atoms with Crippen LogP contribution in [0.4, 0.5) is 0 Å². The maximum Gasteiger partial charge on any atom is 0.191 e. The van der Waals surface area contributed by atoms with E-state index in [9.17, 15) is 0 Å². The van der Waals surface area contributed by atoms with E-state index in [1.54, 1.807) is 0 Å². The van der Waals surface area contributed by atoms with Crippen molar-refractivity contribution in [2.75, 3.05) is 13.1 Å². The Labute approximate surface area is 130 Å². The lowest BCUT2D eigenvalue weighted by molar-refractivity contribution is 0.541. The van der Waals surface area contributed by atoms with E-state index in [4.69, 9.17) is 0 Å². The van der Waals surface area contributed by atoms with Crippen molar-refractivity contribution in [3.05, 3.63) is 0 Å². The molecular weight excluding hydrogens is 337 g/mol. The molecule has 0 aromatic heterocycles. The molecule has 2 atom stereocenters. The van der Waals surface area contributed by atoms with Crippen LogP contribution in [-0.4, -0.2) is 25.1 Å². The molecule has 0 saturated heterocycles. The van der Waals surface area contributed by atoms with Crippen LogP contribution in [0.1, 0.15) is 53.4 Å². The van der Waals surface area contributed by atoms with Crippen LogP contribution in [0.3, 0.4) is 0 Å². The molecule has 4 heteroatoms. The smallest absolute Gasteiger partial charge is 0.191 e. The molecule has 108 valence electrons. The molecule has 0 aromatic rings. The molecule has 1 fully saturated rings. The van der Waals surface area contributed by atoms with E-state index in [0.717, 1.165) is 30.9 Å². The quantitative estimate of drug-likeness (QED) is 0.313. The summed E-state index contributed by atoms with van der Waals surface area (Å²) in [5.74, 6) is 2.64. The molecule has 0 heterocycles. The molecule has 1 aliphatic carbocycles. The zero-order valence-corrected chi connectivity index (χ0v) is 14.7. The van der Waals surface area contributed by atoms with Crippen molar-refractivity contribution in [1.82, 2.24) is 10.6 Å². The maximum absolute atomic E-state index is 4.62. The standard InChI is InChI=1S/C14H29N3.HI/c1-5-15-14(17-13-10-12(13)4)16-9-7-6-8-11(2)3;/h11-13H,5-10H2,1-4H3,(H2,15,16,17);1H. The highest BCUT2D eigenvalue weighted by Crippen LogP contribution is 2.28. The number of unbranched alkanes of at least 4 members (excludes halogenated alkanes) is 1. The molecule has 0 aromatic carbocycles. The summed E-state index contributed by atoms with van der Waals surface area (Å²) >= 11 is 0. The minimum atomic E-state index is 0. The van der Waals surface area contributed by atoms with E-state index in [1.165, 1.54) is 25.7 Å². The monoisotopic (exact) mass is 367 g/mol. The average molecular weight is 367 g/mol. The lowest BCUT2D eigenvalue weighted by Gasteiger charge is -2.10. The summed E-state index contributed by atoms with van der Waals surface area (Å²) in [7, 11) is 0. The van der Waals surface area contributed by atoms with Gasteiger partial charge in [0.25, 0.3) is 0 Å². The van der Waals surface area contributed by atoms with Crippen LogP contribution in [0.5, 0.6) is 0 Å². The molecule has 0 bridgehead atoms. The minimum Gasteiger partial charge on any atom is -0.357 e. The Morgan fingerprint density at radius 3 is 2.50 bits per heavy atom. The highest BCUT2D eigenvalue weighted by molar-refractivity contribution is 14.0. The third kappa shape index (κ3) is 8.16. The van der Waals surface area contributed by atoms with E-state index in [-0.39, 0.29) is 24.0 Å². The van der Waals surface area contributed by atoms with E-state index in [1.807, 2.05) is 0 Å². The van der Waals surface area contributed by atoms with Crippen molar-refractivity contribution < 1.29 is 0 Å². The number of nitrogens with one attached hydrogen (secondary N) is 2. The van der Waals surface area contributed by atoms with Gasteiger partial charge in [-0.05, 0) is 31.6 Å². The minimum absolute atomic E-state index is 0. The molecule has 3 nitrogen and oxygen atoms in total. The fraction of sp³-hybridized carbons (Fsp3) is 0.929. The van der Waals surface area contributed by atoms with Crippen molar-refractivity contribution in [3.63, 3.8) is 0 Å². The highest BCUT2D eigenvalue weighted by Gasteiger charge is 2.33. The summed E-state index contributed by atoms with van der Waals surface area (Å²) in [4.78, 5) is 4.62. The lowest BCUT2D eigenvalue weighted by atomic mass is 10.1. The van der Waals surface area contributed by atoms with Crippen molar-refractivity contribution in [2.45, 2.75) is 59.4 Å². The van der Waals surface area contributed by atoms with Gasteiger partial charge < -0.3 is 10.6 Å². The summed E-state index contributed by atoms with van der Waals surface area (Å²) < 4.78 is 0. The molecule has 18 heavy (non-hydrogen) atoms. The SMILES string of the molecule is CCNC(=NCCCCC(C)C)NC1CC1C.I. The van der Waals surface area contributed by atoms with Crippen LogP contribution < -0.4 is 10.6 Å². The van der Waals surface area contributed by atoms with Gasteiger partial charge in [0.15, 0.2) is 5.96 Å². The van der Waals surface area contributed by atoms with Gasteiger partial charge in [0.2, 0.25) is 0 Å². The van der Waals surface area contributed by atoms with Crippen LogP contribution in [0.2, 0.25) is 0 Å². The lowest BCUT2D eigenvalue weighted by Crippen LogP contribution is -2.39. The van der Waals surface area contributed by atoms with Gasteiger partial charge in [0, 0.05) is 19.1 Å². The Morgan fingerprint density at radius 1 is 1.33 bits per heavy atom. The molecule has 0 spiro atoms. The fourth-order valence-electron chi connectivity index (χ4n) is 1.87. The van der Waals surface area contributed by atoms with E-state index in [0.29, 0.717) is 6.04 Å². The fourth-order valence-corrected chi connectivity index (χ4v) is 1.87. The second-order valence-electron chi connectivity index (χ2n) is 5.61. The normalized spacial score (nSPS) is 22.6. The number of halogens is 1. The van der Waals surface area contributed by atoms with Gasteiger partial charge in [-0.3, -0.25) is 4.99 Å². The van der Waals surface area contributed by atoms with Gasteiger partial charge in [-0.2, -0.15) is 0 Å². The molecule has 0 radical (unpaired) electrons. The number of rotatable bonds is 7. The van der Waals surface area contributed by atoms with Gasteiger partial charge in [-0.1, -0.05) is 33.6 Å². The van der Waals surface area contributed by atoms with Crippen molar-refractivity contribution in [2.24, 2.45) is 16.8 Å². The number of hydrogen-bond acceptors (Lipinski definition) is 1. The zero-order chi connectivity index (χ0) is 12.7. The Bertz CT molecular complexity index is 241. The van der Waals surface area contributed by atoms with Gasteiger partial charge in [0.05, 0.1) is 0 Å². The van der Waals surface area contributed by atoms with Crippen LogP contribution in [0.25, 0.3) is 0 Å². The topological polar surface area (TPSA) is 36.4 Å². The van der Waals surface area contributed by atoms with E-state index < -0.39 is 0 Å². The average Bonchev–Trinajstić information content (AvgIpc) is 2.93. The molecule has 0 aliphatic heterocycles. The van der Waals surface area contributed by atoms with Crippen LogP contribution in [0, 0.1) is 11.8 Å². The zero-order valence-electron chi connectivity index (χ0n) is 12.3. The molecule has 2 N–H and O–H groups in total. The summed E-state index contributed by atoms with van der Waals surface area (Å²) in [5.41, 5.74) is 0. The largest absolute Gasteiger partial charge is 0.357 e. The number of guanidine groups is 1. The predicted molar refractivity (Wildman–Crippen MR) is 90.8 cm³/mol. The third-order valence-electron chi connectivity index (χ3n) is 3.24. The van der Waals surface area contributed by atoms with Crippen molar-refractivity contribution >= 4 is 29.9 Å². The predicted octanol–water partition coefficient (Wildman–Crippen LogP) is 3.39. The summed E-state index contributed by atoms with van der Waals surface area (Å²) in [6.45, 7) is 10.9. The Morgan fingerprint density at radius 2 is 2.00 bits per heavy atom. The van der Waals surface area contributed by atoms with E-state index >= 15 is 0 Å². The van der Waals surface area contributed by atoms with Gasteiger partial charge in [0.1, 0.15) is 0 Å². The van der Waals surface area contributed by atoms with E-state index in [2.05, 4.69) is 43.3 Å². The second kappa shape index (κ2) is 9.87. The van der Waals surface area contributed by atoms with Gasteiger partial charge >= 0.3 is 0 Å². The number of hydrogen-bond donors (Lipinski definition) is 2.